The number of carboxylic acid groups (broad SMARTS) is 1. The topological polar surface area (TPSA) is 66.4 Å². The van der Waals surface area contributed by atoms with Gasteiger partial charge in [-0.2, -0.15) is 11.8 Å². The van der Waals surface area contributed by atoms with E-state index in [0.29, 0.717) is 5.56 Å². The van der Waals surface area contributed by atoms with E-state index in [1.54, 1.807) is 17.8 Å². The summed E-state index contributed by atoms with van der Waals surface area (Å²) < 4.78 is 0. The number of carboxylic acids is 1. The number of aliphatic carboxylic acids is 1. The summed E-state index contributed by atoms with van der Waals surface area (Å²) in [5.41, 5.74) is 1.66. The normalized spacial score (nSPS) is 12.2. The first-order valence-electron chi connectivity index (χ1n) is 6.54. The van der Waals surface area contributed by atoms with Gasteiger partial charge < -0.3 is 10.4 Å². The van der Waals surface area contributed by atoms with Gasteiger partial charge in [-0.1, -0.05) is 26.0 Å². The lowest BCUT2D eigenvalue weighted by Gasteiger charge is -2.20. The molecule has 0 aliphatic heterocycles. The Labute approximate surface area is 124 Å². The van der Waals surface area contributed by atoms with Gasteiger partial charge in [0.1, 0.15) is 0 Å². The Kier molecular flexibility index (Phi) is 6.58. The first-order chi connectivity index (χ1) is 9.43. The second-order valence-electron chi connectivity index (χ2n) is 5.06. The number of carbonyl (C=O) groups is 2. The van der Waals surface area contributed by atoms with Crippen LogP contribution in [0.1, 0.15) is 36.2 Å². The smallest absolute Gasteiger partial charge is 0.305 e. The van der Waals surface area contributed by atoms with Crippen LogP contribution in [-0.4, -0.2) is 29.3 Å². The third kappa shape index (κ3) is 5.25. The van der Waals surface area contributed by atoms with E-state index in [0.717, 1.165) is 11.3 Å². The van der Waals surface area contributed by atoms with Crippen LogP contribution in [0.15, 0.2) is 24.3 Å². The van der Waals surface area contributed by atoms with Crippen molar-refractivity contribution >= 4 is 23.6 Å². The predicted octanol–water partition coefficient (Wildman–Crippen LogP) is 2.78. The fourth-order valence-electron chi connectivity index (χ4n) is 1.86. The zero-order valence-electron chi connectivity index (χ0n) is 12.1. The van der Waals surface area contributed by atoms with E-state index in [4.69, 9.17) is 5.11 Å². The maximum atomic E-state index is 12.2. The molecule has 2 N–H and O–H groups in total. The number of rotatable bonds is 7. The molecular formula is C15H21NO3S. The zero-order chi connectivity index (χ0) is 15.1. The summed E-state index contributed by atoms with van der Waals surface area (Å²) in [5, 5.41) is 11.7. The van der Waals surface area contributed by atoms with Crippen LogP contribution < -0.4 is 5.32 Å². The third-order valence-corrected chi connectivity index (χ3v) is 3.64. The molecule has 0 spiro atoms. The van der Waals surface area contributed by atoms with E-state index in [9.17, 15) is 9.59 Å². The molecule has 0 bridgehead atoms. The molecule has 1 aromatic rings. The number of nitrogens with one attached hydrogen (secondary N) is 1. The molecule has 0 saturated heterocycles. The van der Waals surface area contributed by atoms with Crippen molar-refractivity contribution in [2.45, 2.75) is 32.1 Å². The fraction of sp³-hybridized carbons (Fsp3) is 0.467. The summed E-state index contributed by atoms with van der Waals surface area (Å²) >= 11 is 1.69. The van der Waals surface area contributed by atoms with Gasteiger partial charge in [-0.15, -0.1) is 0 Å². The molecule has 1 rings (SSSR count). The molecule has 20 heavy (non-hydrogen) atoms. The van der Waals surface area contributed by atoms with E-state index in [1.165, 1.54) is 0 Å². The molecule has 1 atom stereocenters. The average Bonchev–Trinajstić information content (AvgIpc) is 2.38. The Morgan fingerprint density at radius 1 is 1.35 bits per heavy atom. The second kappa shape index (κ2) is 7.94. The molecule has 0 aromatic heterocycles. The lowest BCUT2D eigenvalue weighted by atomic mass is 10.0. The monoisotopic (exact) mass is 295 g/mol. The minimum atomic E-state index is -0.903. The van der Waals surface area contributed by atoms with Gasteiger partial charge in [-0.05, 0) is 29.9 Å². The largest absolute Gasteiger partial charge is 0.481 e. The number of amides is 1. The third-order valence-electron chi connectivity index (χ3n) is 3.02. The molecule has 1 amide bonds. The van der Waals surface area contributed by atoms with Crippen molar-refractivity contribution in [2.24, 2.45) is 5.92 Å². The first-order valence-corrected chi connectivity index (χ1v) is 7.94. The van der Waals surface area contributed by atoms with Crippen LogP contribution in [0.3, 0.4) is 0 Å². The molecule has 4 nitrogen and oxygen atoms in total. The summed E-state index contributed by atoms with van der Waals surface area (Å²) in [6, 6.07) is 7.07. The van der Waals surface area contributed by atoms with Crippen LogP contribution in [0.5, 0.6) is 0 Å². The Morgan fingerprint density at radius 3 is 2.60 bits per heavy atom. The SMILES string of the molecule is CSCc1cccc(C(=O)NC(CC(=O)O)C(C)C)c1. The van der Waals surface area contributed by atoms with Gasteiger partial charge in [0.2, 0.25) is 0 Å². The van der Waals surface area contributed by atoms with Crippen molar-refractivity contribution in [3.8, 4) is 0 Å². The number of benzene rings is 1. The van der Waals surface area contributed by atoms with Gasteiger partial charge in [0.05, 0.1) is 6.42 Å². The van der Waals surface area contributed by atoms with Crippen LogP contribution in [0.4, 0.5) is 0 Å². The van der Waals surface area contributed by atoms with E-state index in [2.05, 4.69) is 5.32 Å². The fourth-order valence-corrected chi connectivity index (χ4v) is 2.38. The predicted molar refractivity (Wildman–Crippen MR) is 82.0 cm³/mol. The highest BCUT2D eigenvalue weighted by Gasteiger charge is 2.20. The molecule has 0 heterocycles. The minimum Gasteiger partial charge on any atom is -0.481 e. The molecule has 110 valence electrons. The van der Waals surface area contributed by atoms with Gasteiger partial charge >= 0.3 is 5.97 Å². The summed E-state index contributed by atoms with van der Waals surface area (Å²) in [6.45, 7) is 3.80. The van der Waals surface area contributed by atoms with E-state index in [1.807, 2.05) is 38.3 Å². The van der Waals surface area contributed by atoms with E-state index >= 15 is 0 Å². The highest BCUT2D eigenvalue weighted by Crippen LogP contribution is 2.13. The van der Waals surface area contributed by atoms with Crippen molar-refractivity contribution < 1.29 is 14.7 Å². The van der Waals surface area contributed by atoms with Gasteiger partial charge in [0, 0.05) is 17.4 Å². The Balaban J connectivity index is 2.77. The molecule has 0 saturated carbocycles. The quantitative estimate of drug-likeness (QED) is 0.811. The van der Waals surface area contributed by atoms with Gasteiger partial charge in [0.15, 0.2) is 0 Å². The van der Waals surface area contributed by atoms with Crippen molar-refractivity contribution in [1.82, 2.24) is 5.32 Å². The maximum absolute atomic E-state index is 12.2. The molecule has 1 aromatic carbocycles. The molecule has 1 unspecified atom stereocenters. The standard InChI is InChI=1S/C15H21NO3S/c1-10(2)13(8-14(17)18)16-15(19)12-6-4-5-11(7-12)9-20-3/h4-7,10,13H,8-9H2,1-3H3,(H,16,19)(H,17,18). The van der Waals surface area contributed by atoms with Crippen molar-refractivity contribution in [3.05, 3.63) is 35.4 Å². The van der Waals surface area contributed by atoms with Crippen LogP contribution >= 0.6 is 11.8 Å². The van der Waals surface area contributed by atoms with Crippen molar-refractivity contribution in [3.63, 3.8) is 0 Å². The van der Waals surface area contributed by atoms with Gasteiger partial charge in [-0.3, -0.25) is 9.59 Å². The number of hydrogen-bond donors (Lipinski definition) is 2. The van der Waals surface area contributed by atoms with Gasteiger partial charge in [0.25, 0.3) is 5.91 Å². The van der Waals surface area contributed by atoms with Crippen molar-refractivity contribution in [1.29, 1.82) is 0 Å². The Hall–Kier alpha value is -1.49. The molecule has 0 fully saturated rings. The lowest BCUT2D eigenvalue weighted by Crippen LogP contribution is -2.40. The summed E-state index contributed by atoms with van der Waals surface area (Å²) in [5.74, 6) is -0.193. The lowest BCUT2D eigenvalue weighted by molar-refractivity contribution is -0.137. The van der Waals surface area contributed by atoms with Crippen LogP contribution in [0.25, 0.3) is 0 Å². The summed E-state index contributed by atoms with van der Waals surface area (Å²) in [6.07, 6.45) is 1.95. The molecule has 5 heteroatoms. The van der Waals surface area contributed by atoms with E-state index in [-0.39, 0.29) is 24.3 Å². The number of hydrogen-bond acceptors (Lipinski definition) is 3. The summed E-state index contributed by atoms with van der Waals surface area (Å²) in [4.78, 5) is 23.0. The maximum Gasteiger partial charge on any atom is 0.305 e. The number of carbonyl (C=O) groups excluding carboxylic acids is 1. The highest BCUT2D eigenvalue weighted by atomic mass is 32.2. The molecule has 0 radical (unpaired) electrons. The summed E-state index contributed by atoms with van der Waals surface area (Å²) in [7, 11) is 0. The first kappa shape index (κ1) is 16.6. The van der Waals surface area contributed by atoms with E-state index < -0.39 is 5.97 Å². The highest BCUT2D eigenvalue weighted by molar-refractivity contribution is 7.97. The molecular weight excluding hydrogens is 274 g/mol. The Morgan fingerprint density at radius 2 is 2.05 bits per heavy atom. The van der Waals surface area contributed by atoms with Gasteiger partial charge in [-0.25, -0.2) is 0 Å². The van der Waals surface area contributed by atoms with Crippen molar-refractivity contribution in [2.75, 3.05) is 6.26 Å². The van der Waals surface area contributed by atoms with Crippen LogP contribution in [0.2, 0.25) is 0 Å². The zero-order valence-corrected chi connectivity index (χ0v) is 12.9. The van der Waals surface area contributed by atoms with Crippen LogP contribution in [-0.2, 0) is 10.5 Å². The average molecular weight is 295 g/mol. The minimum absolute atomic E-state index is 0.0616. The second-order valence-corrected chi connectivity index (χ2v) is 5.92. The Bertz CT molecular complexity index is 474. The molecule has 0 aliphatic rings. The number of thioether (sulfide) groups is 1. The molecule has 0 aliphatic carbocycles. The van der Waals surface area contributed by atoms with Crippen LogP contribution in [0, 0.1) is 5.92 Å².